The van der Waals surface area contributed by atoms with Gasteiger partial charge >= 0.3 is 66.7 Å². The van der Waals surface area contributed by atoms with E-state index in [1.54, 1.807) is 0 Å². The summed E-state index contributed by atoms with van der Waals surface area (Å²) >= 11 is 0. The minimum absolute atomic E-state index is 0. The first-order valence-corrected chi connectivity index (χ1v) is 11.8. The summed E-state index contributed by atoms with van der Waals surface area (Å²) in [6.45, 7) is 0. The molecule has 0 aliphatic heterocycles. The van der Waals surface area contributed by atoms with Gasteiger partial charge in [0.05, 0.1) is 0 Å². The molecular formula is MoNiS4. The Balaban J connectivity index is 0. The summed E-state index contributed by atoms with van der Waals surface area (Å²) in [4.78, 5) is 0. The molecule has 0 nitrogen and oxygen atoms in total. The molecule has 0 N–H and O–H groups in total. The van der Waals surface area contributed by atoms with E-state index in [1.807, 2.05) is 0 Å². The van der Waals surface area contributed by atoms with Gasteiger partial charge in [-0.1, -0.05) is 0 Å². The maximum atomic E-state index is 4.46. The van der Waals surface area contributed by atoms with Crippen molar-refractivity contribution in [3.8, 4) is 0 Å². The Bertz CT molecular complexity index is 90.7. The zero-order valence-electron chi connectivity index (χ0n) is 2.36. The maximum absolute atomic E-state index is 4.46. The van der Waals surface area contributed by atoms with Gasteiger partial charge < -0.3 is 0 Å². The van der Waals surface area contributed by atoms with Crippen LogP contribution in [0.4, 0.5) is 0 Å². The molecule has 0 heterocycles. The number of rotatable bonds is 0. The molecule has 6 heteroatoms. The zero-order valence-corrected chi connectivity index (χ0v) is 8.62. The molecule has 0 saturated heterocycles. The van der Waals surface area contributed by atoms with E-state index in [2.05, 4.69) is 40.3 Å². The van der Waals surface area contributed by atoms with Crippen molar-refractivity contribution in [2.24, 2.45) is 0 Å². The Kier molecular flexibility index (Phi) is 7.86. The van der Waals surface area contributed by atoms with Gasteiger partial charge in [0.25, 0.3) is 0 Å². The Morgan fingerprint density at radius 1 is 1.17 bits per heavy atom. The van der Waals surface area contributed by atoms with E-state index in [9.17, 15) is 0 Å². The van der Waals surface area contributed by atoms with Crippen molar-refractivity contribution < 1.29 is 26.4 Å². The monoisotopic (exact) mass is 284 g/mol. The van der Waals surface area contributed by atoms with E-state index in [-0.39, 0.29) is 16.5 Å². The predicted molar refractivity (Wildman–Crippen MR) is 29.9 cm³/mol. The summed E-state index contributed by atoms with van der Waals surface area (Å²) in [6, 6.07) is 0. The van der Waals surface area contributed by atoms with E-state index in [1.165, 1.54) is 0 Å². The Labute approximate surface area is 65.7 Å². The van der Waals surface area contributed by atoms with E-state index < -0.39 is 9.86 Å². The first-order chi connectivity index (χ1) is 2.00. The standard InChI is InChI=1S/Mo.Ni.4S/q;+2;;;2*-1. The molecule has 40 valence electrons. The fraction of sp³-hybridized carbons (Fsp3) is 0. The minimum atomic E-state index is -2.69. The van der Waals surface area contributed by atoms with Gasteiger partial charge in [0.1, 0.15) is 0 Å². The molecule has 0 bridgehead atoms. The Morgan fingerprint density at radius 2 is 1.17 bits per heavy atom. The SMILES string of the molecule is [Ni+2].[S]=[Mo](=[S])([S-])[S-]. The molecule has 0 aromatic heterocycles. The van der Waals surface area contributed by atoms with Crippen molar-refractivity contribution in [2.45, 2.75) is 0 Å². The van der Waals surface area contributed by atoms with E-state index in [0.29, 0.717) is 0 Å². The van der Waals surface area contributed by atoms with Crippen molar-refractivity contribution in [3.63, 3.8) is 0 Å². The van der Waals surface area contributed by atoms with Crippen LogP contribution in [-0.4, -0.2) is 0 Å². The predicted octanol–water partition coefficient (Wildman–Crippen LogP) is 1.29. The van der Waals surface area contributed by atoms with E-state index in [4.69, 9.17) is 0 Å². The first-order valence-electron chi connectivity index (χ1n) is 0.667. The van der Waals surface area contributed by atoms with Crippen LogP contribution in [0.25, 0.3) is 0 Å². The fourth-order valence-corrected chi connectivity index (χ4v) is 0. The molecule has 0 aliphatic carbocycles. The van der Waals surface area contributed by atoms with Crippen LogP contribution >= 0.6 is 19.6 Å². The Hall–Kier alpha value is 2.32. The van der Waals surface area contributed by atoms with Crippen LogP contribution < -0.4 is 0 Å². The van der Waals surface area contributed by atoms with Crippen LogP contribution in [0, 0.1) is 0 Å². The molecule has 6 heavy (non-hydrogen) atoms. The Morgan fingerprint density at radius 3 is 1.17 bits per heavy atom. The summed E-state index contributed by atoms with van der Waals surface area (Å²) in [6.07, 6.45) is 0. The van der Waals surface area contributed by atoms with Gasteiger partial charge in [-0.2, -0.15) is 0 Å². The molecule has 0 rings (SSSR count). The van der Waals surface area contributed by atoms with Crippen LogP contribution in [0.2, 0.25) is 0 Å². The second kappa shape index (κ2) is 4.23. The van der Waals surface area contributed by atoms with Gasteiger partial charge in [0.15, 0.2) is 0 Å². The van der Waals surface area contributed by atoms with Gasteiger partial charge in [-0.15, -0.1) is 0 Å². The number of hydrogen-bond donors (Lipinski definition) is 0. The van der Waals surface area contributed by atoms with Gasteiger partial charge in [-0.25, -0.2) is 0 Å². The van der Waals surface area contributed by atoms with Crippen LogP contribution in [0.1, 0.15) is 0 Å². The average molecular weight is 283 g/mol. The zero-order chi connectivity index (χ0) is 4.50. The van der Waals surface area contributed by atoms with Crippen molar-refractivity contribution >= 4 is 40.3 Å². The quantitative estimate of drug-likeness (QED) is 0.485. The normalized spacial score (nSPS) is 9.67. The fourth-order valence-electron chi connectivity index (χ4n) is 0. The second-order valence-electron chi connectivity index (χ2n) is 0.408. The van der Waals surface area contributed by atoms with Crippen LogP contribution in [-0.2, 0) is 47.0 Å². The third kappa shape index (κ3) is 33.2. The molecule has 0 saturated carbocycles. The molecule has 0 atom stereocenters. The summed E-state index contributed by atoms with van der Waals surface area (Å²) in [7, 11) is 15.2. The average Bonchev–Trinajstić information content (AvgIpc) is 0.722. The van der Waals surface area contributed by atoms with Gasteiger partial charge in [-0.05, 0) is 0 Å². The summed E-state index contributed by atoms with van der Waals surface area (Å²) < 4.78 is 0. The third-order valence-electron chi connectivity index (χ3n) is 0. The molecular weight excluding hydrogens is 283 g/mol. The third-order valence-corrected chi connectivity index (χ3v) is 0. The molecule has 0 fully saturated rings. The van der Waals surface area contributed by atoms with Crippen molar-refractivity contribution in [2.75, 3.05) is 0 Å². The van der Waals surface area contributed by atoms with Gasteiger partial charge in [0, 0.05) is 0 Å². The molecule has 0 spiro atoms. The topological polar surface area (TPSA) is 0 Å². The number of hydrogen-bond acceptors (Lipinski definition) is 4. The molecule has 0 aromatic rings. The van der Waals surface area contributed by atoms with Gasteiger partial charge in [0.2, 0.25) is 0 Å². The van der Waals surface area contributed by atoms with Gasteiger partial charge in [-0.3, -0.25) is 0 Å². The van der Waals surface area contributed by atoms with Crippen molar-refractivity contribution in [3.05, 3.63) is 0 Å². The van der Waals surface area contributed by atoms with E-state index in [0.717, 1.165) is 0 Å². The van der Waals surface area contributed by atoms with Crippen LogP contribution in [0.15, 0.2) is 0 Å². The molecule has 0 aliphatic rings. The first kappa shape index (κ1) is 11.2. The molecule has 0 aromatic carbocycles. The summed E-state index contributed by atoms with van der Waals surface area (Å²) in [5, 5.41) is 0. The van der Waals surface area contributed by atoms with Crippen LogP contribution in [0.5, 0.6) is 0 Å². The van der Waals surface area contributed by atoms with Crippen molar-refractivity contribution in [1.82, 2.24) is 0 Å². The molecule has 0 amide bonds. The van der Waals surface area contributed by atoms with E-state index >= 15 is 0 Å². The molecule has 0 unspecified atom stereocenters. The second-order valence-corrected chi connectivity index (χ2v) is 21.7. The molecule has 0 radical (unpaired) electrons. The van der Waals surface area contributed by atoms with Crippen molar-refractivity contribution in [1.29, 1.82) is 0 Å². The van der Waals surface area contributed by atoms with Crippen LogP contribution in [0.3, 0.4) is 0 Å². The summed E-state index contributed by atoms with van der Waals surface area (Å²) in [5.74, 6) is 0. The summed E-state index contributed by atoms with van der Waals surface area (Å²) in [5.41, 5.74) is 0.